The molecular formula is C17H22O. The van der Waals surface area contributed by atoms with Crippen LogP contribution in [-0.4, -0.2) is 0 Å². The number of para-hydroxylation sites is 1. The molecule has 0 amide bonds. The average molecular weight is 242 g/mol. The highest BCUT2D eigenvalue weighted by Gasteiger charge is 2.01. The van der Waals surface area contributed by atoms with E-state index in [1.807, 2.05) is 44.2 Å². The van der Waals surface area contributed by atoms with Crippen LogP contribution in [0.25, 0.3) is 0 Å². The third kappa shape index (κ3) is 3.92. The van der Waals surface area contributed by atoms with Gasteiger partial charge in [0.25, 0.3) is 0 Å². The molecule has 0 aliphatic rings. The fourth-order valence-electron chi connectivity index (χ4n) is 1.63. The molecule has 0 unspecified atom stereocenters. The second-order valence-corrected chi connectivity index (χ2v) is 3.88. The first kappa shape index (κ1) is 14.3. The van der Waals surface area contributed by atoms with Crippen molar-refractivity contribution in [2.24, 2.45) is 0 Å². The highest BCUT2D eigenvalue weighted by molar-refractivity contribution is 5.38. The van der Waals surface area contributed by atoms with Crippen LogP contribution >= 0.6 is 0 Å². The Kier molecular flexibility index (Phi) is 5.99. The number of hydrogen-bond donors (Lipinski definition) is 0. The molecule has 96 valence electrons. The largest absolute Gasteiger partial charge is 0.457 e. The van der Waals surface area contributed by atoms with Gasteiger partial charge in [-0.3, -0.25) is 0 Å². The molecule has 1 nitrogen and oxygen atoms in total. The maximum Gasteiger partial charge on any atom is 0.130 e. The highest BCUT2D eigenvalue weighted by atomic mass is 16.5. The smallest absolute Gasteiger partial charge is 0.130 e. The first-order valence-electron chi connectivity index (χ1n) is 6.62. The van der Waals surface area contributed by atoms with Crippen molar-refractivity contribution >= 4 is 0 Å². The van der Waals surface area contributed by atoms with Crippen LogP contribution in [0.1, 0.15) is 31.9 Å². The van der Waals surface area contributed by atoms with Gasteiger partial charge in [-0.2, -0.15) is 0 Å². The van der Waals surface area contributed by atoms with Gasteiger partial charge in [-0.1, -0.05) is 56.7 Å². The summed E-state index contributed by atoms with van der Waals surface area (Å²) in [6.07, 6.45) is 0.988. The summed E-state index contributed by atoms with van der Waals surface area (Å²) in [5.41, 5.74) is 2.49. The lowest BCUT2D eigenvalue weighted by Gasteiger charge is -2.09. The molecule has 0 fully saturated rings. The molecule has 0 saturated heterocycles. The van der Waals surface area contributed by atoms with Crippen molar-refractivity contribution in [2.75, 3.05) is 0 Å². The van der Waals surface area contributed by atoms with Gasteiger partial charge in [-0.05, 0) is 37.1 Å². The summed E-state index contributed by atoms with van der Waals surface area (Å²) in [6, 6.07) is 16.3. The summed E-state index contributed by atoms with van der Waals surface area (Å²) < 4.78 is 5.86. The maximum absolute atomic E-state index is 5.86. The molecule has 2 aromatic rings. The molecule has 0 aromatic heterocycles. The minimum absolute atomic E-state index is 0.895. The summed E-state index contributed by atoms with van der Waals surface area (Å²) >= 11 is 0. The maximum atomic E-state index is 5.86. The van der Waals surface area contributed by atoms with E-state index in [1.165, 1.54) is 11.1 Å². The summed E-state index contributed by atoms with van der Waals surface area (Å²) in [6.45, 7) is 8.21. The van der Waals surface area contributed by atoms with E-state index in [2.05, 4.69) is 32.0 Å². The normalized spacial score (nSPS) is 9.33. The number of aryl methyl sites for hydroxylation is 2. The standard InChI is InChI=1S/C15H16O.C2H6/c1-3-13-6-4-5-7-15(13)16-14-10-8-12(2)9-11-14;1-2/h4-11H,3H2,1-2H3;1-2H3. The Morgan fingerprint density at radius 2 is 1.50 bits per heavy atom. The van der Waals surface area contributed by atoms with Crippen molar-refractivity contribution < 1.29 is 4.74 Å². The Bertz CT molecular complexity index is 457. The van der Waals surface area contributed by atoms with E-state index >= 15 is 0 Å². The second kappa shape index (κ2) is 7.54. The third-order valence-electron chi connectivity index (χ3n) is 2.60. The van der Waals surface area contributed by atoms with Gasteiger partial charge in [-0.15, -0.1) is 0 Å². The van der Waals surface area contributed by atoms with Gasteiger partial charge in [0.15, 0.2) is 0 Å². The molecule has 2 aromatic carbocycles. The molecule has 18 heavy (non-hydrogen) atoms. The molecule has 0 atom stereocenters. The molecule has 0 N–H and O–H groups in total. The number of hydrogen-bond acceptors (Lipinski definition) is 1. The first-order valence-corrected chi connectivity index (χ1v) is 6.62. The predicted octanol–water partition coefficient (Wildman–Crippen LogP) is 5.38. The van der Waals surface area contributed by atoms with Crippen LogP contribution in [0.2, 0.25) is 0 Å². The first-order chi connectivity index (χ1) is 8.79. The zero-order valence-electron chi connectivity index (χ0n) is 11.7. The van der Waals surface area contributed by atoms with E-state index in [-0.39, 0.29) is 0 Å². The van der Waals surface area contributed by atoms with Crippen molar-refractivity contribution in [1.29, 1.82) is 0 Å². The Labute approximate surface area is 110 Å². The van der Waals surface area contributed by atoms with Crippen molar-refractivity contribution in [3.05, 3.63) is 59.7 Å². The van der Waals surface area contributed by atoms with Crippen LogP contribution in [0.3, 0.4) is 0 Å². The summed E-state index contributed by atoms with van der Waals surface area (Å²) in [4.78, 5) is 0. The molecule has 0 heterocycles. The Morgan fingerprint density at radius 1 is 0.889 bits per heavy atom. The lowest BCUT2D eigenvalue weighted by molar-refractivity contribution is 0.477. The number of ether oxygens (including phenoxy) is 1. The van der Waals surface area contributed by atoms with Crippen LogP contribution < -0.4 is 4.74 Å². The van der Waals surface area contributed by atoms with Crippen molar-refractivity contribution in [3.63, 3.8) is 0 Å². The van der Waals surface area contributed by atoms with Crippen LogP contribution in [0.15, 0.2) is 48.5 Å². The molecule has 0 bridgehead atoms. The average Bonchev–Trinajstić information content (AvgIpc) is 2.44. The highest BCUT2D eigenvalue weighted by Crippen LogP contribution is 2.25. The van der Waals surface area contributed by atoms with Crippen LogP contribution in [0, 0.1) is 6.92 Å². The van der Waals surface area contributed by atoms with Gasteiger partial charge in [0.2, 0.25) is 0 Å². The van der Waals surface area contributed by atoms with Crippen LogP contribution in [-0.2, 0) is 6.42 Å². The van der Waals surface area contributed by atoms with Crippen LogP contribution in [0.4, 0.5) is 0 Å². The summed E-state index contributed by atoms with van der Waals surface area (Å²) in [5.74, 6) is 1.85. The second-order valence-electron chi connectivity index (χ2n) is 3.88. The Morgan fingerprint density at radius 3 is 2.11 bits per heavy atom. The molecule has 0 aliphatic heterocycles. The molecule has 0 saturated carbocycles. The van der Waals surface area contributed by atoms with Crippen molar-refractivity contribution in [1.82, 2.24) is 0 Å². The number of rotatable bonds is 3. The van der Waals surface area contributed by atoms with Crippen molar-refractivity contribution in [3.8, 4) is 11.5 Å². The van der Waals surface area contributed by atoms with E-state index in [0.717, 1.165) is 17.9 Å². The van der Waals surface area contributed by atoms with Crippen LogP contribution in [0.5, 0.6) is 11.5 Å². The molecule has 2 rings (SSSR count). The van der Waals surface area contributed by atoms with Gasteiger partial charge in [0.05, 0.1) is 0 Å². The fraction of sp³-hybridized carbons (Fsp3) is 0.294. The van der Waals surface area contributed by atoms with Gasteiger partial charge < -0.3 is 4.74 Å². The summed E-state index contributed by atoms with van der Waals surface area (Å²) in [7, 11) is 0. The molecule has 1 heteroatoms. The lowest BCUT2D eigenvalue weighted by Crippen LogP contribution is -1.89. The van der Waals surface area contributed by atoms with Gasteiger partial charge in [0, 0.05) is 0 Å². The van der Waals surface area contributed by atoms with E-state index in [1.54, 1.807) is 0 Å². The molecule has 0 aliphatic carbocycles. The molecular weight excluding hydrogens is 220 g/mol. The quantitative estimate of drug-likeness (QED) is 0.702. The lowest BCUT2D eigenvalue weighted by atomic mass is 10.1. The third-order valence-corrected chi connectivity index (χ3v) is 2.60. The molecule has 0 spiro atoms. The minimum Gasteiger partial charge on any atom is -0.457 e. The fourth-order valence-corrected chi connectivity index (χ4v) is 1.63. The van der Waals surface area contributed by atoms with E-state index < -0.39 is 0 Å². The van der Waals surface area contributed by atoms with E-state index in [0.29, 0.717) is 0 Å². The van der Waals surface area contributed by atoms with Gasteiger partial charge >= 0.3 is 0 Å². The van der Waals surface area contributed by atoms with Crippen molar-refractivity contribution in [2.45, 2.75) is 34.1 Å². The van der Waals surface area contributed by atoms with Gasteiger partial charge in [-0.25, -0.2) is 0 Å². The molecule has 0 radical (unpaired) electrons. The summed E-state index contributed by atoms with van der Waals surface area (Å²) in [5, 5.41) is 0. The van der Waals surface area contributed by atoms with E-state index in [4.69, 9.17) is 4.74 Å². The zero-order valence-corrected chi connectivity index (χ0v) is 11.7. The zero-order chi connectivity index (χ0) is 13.4. The minimum atomic E-state index is 0.895. The Hall–Kier alpha value is -1.76. The monoisotopic (exact) mass is 242 g/mol. The number of benzene rings is 2. The topological polar surface area (TPSA) is 9.23 Å². The Balaban J connectivity index is 0.000000771. The van der Waals surface area contributed by atoms with E-state index in [9.17, 15) is 0 Å². The predicted molar refractivity (Wildman–Crippen MR) is 78.4 cm³/mol. The van der Waals surface area contributed by atoms with Gasteiger partial charge in [0.1, 0.15) is 11.5 Å². The SMILES string of the molecule is CC.CCc1ccccc1Oc1ccc(C)cc1.